The van der Waals surface area contributed by atoms with E-state index in [1.54, 1.807) is 11.0 Å². The van der Waals surface area contributed by atoms with Gasteiger partial charge in [-0.05, 0) is 6.92 Å². The summed E-state index contributed by atoms with van der Waals surface area (Å²) >= 11 is 0. The molecule has 2 rings (SSSR count). The molecule has 74 valence electrons. The fourth-order valence-corrected chi connectivity index (χ4v) is 1.24. The van der Waals surface area contributed by atoms with Crippen molar-refractivity contribution in [2.75, 3.05) is 5.32 Å². The van der Waals surface area contributed by atoms with E-state index in [9.17, 15) is 0 Å². The molecule has 0 saturated heterocycles. The molecule has 6 heteroatoms. The molecule has 2 aromatic heterocycles. The predicted octanol–water partition coefficient (Wildman–Crippen LogP) is 0.601. The number of anilines is 2. The van der Waals surface area contributed by atoms with Crippen molar-refractivity contribution in [1.29, 1.82) is 0 Å². The zero-order valence-electron chi connectivity index (χ0n) is 8.39. The molecule has 0 spiro atoms. The van der Waals surface area contributed by atoms with Gasteiger partial charge in [0, 0.05) is 20.2 Å². The topological polar surface area (TPSA) is 60.6 Å². The van der Waals surface area contributed by atoms with Crippen molar-refractivity contribution < 1.29 is 0 Å². The molecule has 0 aromatic carbocycles. The standard InChI is InChI=1S/C8H12N6/c1-6-4-7(14(3)12-6)10-8-11-9-5-13(8)2/h4-5H,1-3H3,(H,10,11). The fraction of sp³-hybridized carbons (Fsp3) is 0.375. The largest absolute Gasteiger partial charge is 0.309 e. The average Bonchev–Trinajstić information content (AvgIpc) is 2.62. The highest BCUT2D eigenvalue weighted by atomic mass is 15.4. The van der Waals surface area contributed by atoms with E-state index in [4.69, 9.17) is 0 Å². The lowest BCUT2D eigenvalue weighted by atomic mass is 10.5. The van der Waals surface area contributed by atoms with Crippen LogP contribution in [0.4, 0.5) is 11.8 Å². The second kappa shape index (κ2) is 3.13. The number of nitrogens with zero attached hydrogens (tertiary/aromatic N) is 5. The van der Waals surface area contributed by atoms with Gasteiger partial charge in [0.2, 0.25) is 5.95 Å². The Hall–Kier alpha value is -1.85. The highest BCUT2D eigenvalue weighted by Crippen LogP contribution is 2.13. The van der Waals surface area contributed by atoms with Gasteiger partial charge in [0.1, 0.15) is 12.1 Å². The highest BCUT2D eigenvalue weighted by molar-refractivity contribution is 5.48. The number of aromatic nitrogens is 5. The monoisotopic (exact) mass is 192 g/mol. The van der Waals surface area contributed by atoms with Gasteiger partial charge in [-0.1, -0.05) is 0 Å². The molecule has 6 nitrogen and oxygen atoms in total. The van der Waals surface area contributed by atoms with Gasteiger partial charge >= 0.3 is 0 Å². The molecule has 2 heterocycles. The summed E-state index contributed by atoms with van der Waals surface area (Å²) in [5.74, 6) is 1.60. The lowest BCUT2D eigenvalue weighted by molar-refractivity contribution is 0.761. The number of rotatable bonds is 2. The Morgan fingerprint density at radius 1 is 1.36 bits per heavy atom. The first-order chi connectivity index (χ1) is 6.66. The molecule has 14 heavy (non-hydrogen) atoms. The van der Waals surface area contributed by atoms with E-state index in [-0.39, 0.29) is 0 Å². The first kappa shape index (κ1) is 8.74. The molecule has 0 aliphatic heterocycles. The molecular weight excluding hydrogens is 180 g/mol. The first-order valence-corrected chi connectivity index (χ1v) is 4.28. The second-order valence-corrected chi connectivity index (χ2v) is 3.19. The highest BCUT2D eigenvalue weighted by Gasteiger charge is 2.05. The Balaban J connectivity index is 2.27. The van der Waals surface area contributed by atoms with Gasteiger partial charge < -0.3 is 9.88 Å². The van der Waals surface area contributed by atoms with E-state index in [2.05, 4.69) is 20.6 Å². The minimum Gasteiger partial charge on any atom is -0.309 e. The summed E-state index contributed by atoms with van der Waals surface area (Å²) in [6, 6.07) is 1.95. The minimum atomic E-state index is 0.702. The summed E-state index contributed by atoms with van der Waals surface area (Å²) in [6.07, 6.45) is 1.64. The van der Waals surface area contributed by atoms with Gasteiger partial charge in [-0.3, -0.25) is 4.68 Å². The van der Waals surface area contributed by atoms with E-state index in [0.29, 0.717) is 5.95 Å². The Labute approximate surface area is 81.6 Å². The molecule has 0 bridgehead atoms. The molecule has 0 aliphatic carbocycles. The lowest BCUT2D eigenvalue weighted by Crippen LogP contribution is -2.03. The summed E-state index contributed by atoms with van der Waals surface area (Å²) < 4.78 is 3.58. The Bertz CT molecular complexity index is 440. The van der Waals surface area contributed by atoms with Crippen LogP contribution in [0.15, 0.2) is 12.4 Å². The SMILES string of the molecule is Cc1cc(Nc2nncn2C)n(C)n1. The van der Waals surface area contributed by atoms with Crippen LogP contribution in [0.25, 0.3) is 0 Å². The number of nitrogens with one attached hydrogen (secondary N) is 1. The molecule has 0 fully saturated rings. The maximum absolute atomic E-state index is 4.22. The zero-order chi connectivity index (χ0) is 10.1. The van der Waals surface area contributed by atoms with Crippen molar-refractivity contribution in [3.63, 3.8) is 0 Å². The van der Waals surface area contributed by atoms with Gasteiger partial charge in [0.05, 0.1) is 5.69 Å². The van der Waals surface area contributed by atoms with Crippen LogP contribution < -0.4 is 5.32 Å². The number of hydrogen-bond donors (Lipinski definition) is 1. The van der Waals surface area contributed by atoms with Crippen molar-refractivity contribution in [2.45, 2.75) is 6.92 Å². The first-order valence-electron chi connectivity index (χ1n) is 4.28. The molecular formula is C8H12N6. The van der Waals surface area contributed by atoms with Crippen molar-refractivity contribution >= 4 is 11.8 Å². The average molecular weight is 192 g/mol. The van der Waals surface area contributed by atoms with Crippen LogP contribution in [0.2, 0.25) is 0 Å². The quantitative estimate of drug-likeness (QED) is 0.757. The van der Waals surface area contributed by atoms with E-state index in [1.165, 1.54) is 0 Å². The molecule has 0 saturated carbocycles. The van der Waals surface area contributed by atoms with Crippen molar-refractivity contribution in [1.82, 2.24) is 24.5 Å². The second-order valence-electron chi connectivity index (χ2n) is 3.19. The fourth-order valence-electron chi connectivity index (χ4n) is 1.24. The Morgan fingerprint density at radius 3 is 2.64 bits per heavy atom. The number of hydrogen-bond acceptors (Lipinski definition) is 4. The van der Waals surface area contributed by atoms with Gasteiger partial charge in [-0.25, -0.2) is 0 Å². The summed E-state index contributed by atoms with van der Waals surface area (Å²) in [4.78, 5) is 0. The summed E-state index contributed by atoms with van der Waals surface area (Å²) in [5, 5.41) is 15.0. The van der Waals surface area contributed by atoms with Gasteiger partial charge in [0.15, 0.2) is 0 Å². The molecule has 0 aliphatic rings. The van der Waals surface area contributed by atoms with Gasteiger partial charge in [-0.2, -0.15) is 5.10 Å². The Morgan fingerprint density at radius 2 is 2.14 bits per heavy atom. The maximum Gasteiger partial charge on any atom is 0.229 e. The summed E-state index contributed by atoms with van der Waals surface area (Å²) in [6.45, 7) is 1.95. The van der Waals surface area contributed by atoms with Crippen LogP contribution in [0.1, 0.15) is 5.69 Å². The molecule has 2 aromatic rings. The Kier molecular flexibility index (Phi) is 1.95. The van der Waals surface area contributed by atoms with Crippen molar-refractivity contribution in [3.8, 4) is 0 Å². The lowest BCUT2D eigenvalue weighted by Gasteiger charge is -2.03. The number of aryl methyl sites for hydroxylation is 3. The van der Waals surface area contributed by atoms with Crippen LogP contribution in [-0.2, 0) is 14.1 Å². The summed E-state index contributed by atoms with van der Waals surface area (Å²) in [5.41, 5.74) is 0.970. The van der Waals surface area contributed by atoms with E-state index in [0.717, 1.165) is 11.5 Å². The molecule has 0 radical (unpaired) electrons. The third-order valence-electron chi connectivity index (χ3n) is 1.95. The van der Waals surface area contributed by atoms with E-state index in [1.807, 2.05) is 31.7 Å². The third-order valence-corrected chi connectivity index (χ3v) is 1.95. The van der Waals surface area contributed by atoms with E-state index >= 15 is 0 Å². The molecule has 1 N–H and O–H groups in total. The van der Waals surface area contributed by atoms with Crippen LogP contribution in [0.3, 0.4) is 0 Å². The van der Waals surface area contributed by atoms with Crippen LogP contribution in [0.5, 0.6) is 0 Å². The van der Waals surface area contributed by atoms with Crippen molar-refractivity contribution in [3.05, 3.63) is 18.1 Å². The van der Waals surface area contributed by atoms with E-state index < -0.39 is 0 Å². The van der Waals surface area contributed by atoms with Crippen LogP contribution in [-0.4, -0.2) is 24.5 Å². The van der Waals surface area contributed by atoms with Gasteiger partial charge in [0.25, 0.3) is 0 Å². The normalized spacial score (nSPS) is 10.5. The maximum atomic E-state index is 4.22. The van der Waals surface area contributed by atoms with Crippen molar-refractivity contribution in [2.24, 2.45) is 14.1 Å². The summed E-state index contributed by atoms with van der Waals surface area (Å²) in [7, 11) is 3.76. The zero-order valence-corrected chi connectivity index (χ0v) is 8.39. The third kappa shape index (κ3) is 1.46. The van der Waals surface area contributed by atoms with Crippen LogP contribution in [0, 0.1) is 6.92 Å². The predicted molar refractivity (Wildman–Crippen MR) is 52.2 cm³/mol. The van der Waals surface area contributed by atoms with Gasteiger partial charge in [-0.15, -0.1) is 10.2 Å². The minimum absolute atomic E-state index is 0.702. The molecule has 0 unspecified atom stereocenters. The van der Waals surface area contributed by atoms with Crippen LogP contribution >= 0.6 is 0 Å². The smallest absolute Gasteiger partial charge is 0.229 e. The molecule has 0 atom stereocenters. The molecule has 0 amide bonds.